The lowest BCUT2D eigenvalue weighted by molar-refractivity contribution is 0.0797. The number of carbonyl (C=O) groups excluding carboxylic acids is 1. The zero-order chi connectivity index (χ0) is 13.7. The van der Waals surface area contributed by atoms with Gasteiger partial charge < -0.3 is 15.8 Å². The molecule has 0 saturated carbocycles. The summed E-state index contributed by atoms with van der Waals surface area (Å²) < 4.78 is 0. The zero-order valence-electron chi connectivity index (χ0n) is 10.4. The quantitative estimate of drug-likeness (QED) is 0.379. The molecule has 1 rings (SSSR count). The van der Waals surface area contributed by atoms with E-state index in [1.807, 2.05) is 6.92 Å². The number of nitrogens with zero attached hydrogens (tertiary/aromatic N) is 2. The second kappa shape index (κ2) is 6.26. The predicted octanol–water partition coefficient (Wildman–Crippen LogP) is 1.86. The molecule has 0 saturated heterocycles. The van der Waals surface area contributed by atoms with Crippen molar-refractivity contribution < 1.29 is 10.0 Å². The lowest BCUT2D eigenvalue weighted by Gasteiger charge is -2.18. The molecule has 18 heavy (non-hydrogen) atoms. The van der Waals surface area contributed by atoms with Crippen LogP contribution in [0, 0.1) is 6.92 Å². The Morgan fingerprint density at radius 1 is 1.56 bits per heavy atom. The van der Waals surface area contributed by atoms with Crippen LogP contribution in [0.4, 0.5) is 0 Å². The van der Waals surface area contributed by atoms with Gasteiger partial charge in [0.25, 0.3) is 5.91 Å². The van der Waals surface area contributed by atoms with Crippen molar-refractivity contribution >= 4 is 23.3 Å². The van der Waals surface area contributed by atoms with Gasteiger partial charge in [-0.15, -0.1) is 0 Å². The normalized spacial score (nSPS) is 11.4. The first-order valence-corrected chi connectivity index (χ1v) is 5.81. The van der Waals surface area contributed by atoms with Crippen molar-refractivity contribution in [3.8, 4) is 0 Å². The molecule has 98 valence electrons. The summed E-state index contributed by atoms with van der Waals surface area (Å²) in [6.45, 7) is 2.22. The van der Waals surface area contributed by atoms with Crippen LogP contribution in [0.15, 0.2) is 23.4 Å². The molecule has 0 unspecified atom stereocenters. The lowest BCUT2D eigenvalue weighted by atomic mass is 10.1. The average molecular weight is 270 g/mol. The Morgan fingerprint density at radius 2 is 2.22 bits per heavy atom. The first kappa shape index (κ1) is 14.3. The van der Waals surface area contributed by atoms with Crippen LogP contribution in [0.1, 0.15) is 22.3 Å². The Morgan fingerprint density at radius 3 is 2.83 bits per heavy atom. The number of hydrogen-bond acceptors (Lipinski definition) is 3. The molecule has 0 aliphatic carbocycles. The van der Waals surface area contributed by atoms with Crippen LogP contribution in [0.25, 0.3) is 0 Å². The van der Waals surface area contributed by atoms with Crippen molar-refractivity contribution in [2.45, 2.75) is 13.3 Å². The van der Waals surface area contributed by atoms with E-state index in [0.29, 0.717) is 23.6 Å². The summed E-state index contributed by atoms with van der Waals surface area (Å²) in [5.41, 5.74) is 6.78. The van der Waals surface area contributed by atoms with E-state index in [4.69, 9.17) is 22.5 Å². The molecule has 0 aliphatic rings. The number of nitrogens with two attached hydrogens (primary N) is 1. The van der Waals surface area contributed by atoms with E-state index in [9.17, 15) is 4.79 Å². The van der Waals surface area contributed by atoms with Crippen LogP contribution >= 0.6 is 11.6 Å². The third-order valence-corrected chi connectivity index (χ3v) is 2.84. The minimum absolute atomic E-state index is 0.0949. The monoisotopic (exact) mass is 269 g/mol. The van der Waals surface area contributed by atoms with E-state index in [2.05, 4.69) is 5.16 Å². The summed E-state index contributed by atoms with van der Waals surface area (Å²) in [4.78, 5) is 13.7. The summed E-state index contributed by atoms with van der Waals surface area (Å²) in [5.74, 6) is -0.0433. The first-order valence-electron chi connectivity index (χ1n) is 5.43. The number of oxime groups is 1. The van der Waals surface area contributed by atoms with Crippen LogP contribution in [0.3, 0.4) is 0 Å². The van der Waals surface area contributed by atoms with Crippen LogP contribution in [-0.4, -0.2) is 35.4 Å². The lowest BCUT2D eigenvalue weighted by Crippen LogP contribution is -2.31. The van der Waals surface area contributed by atoms with Gasteiger partial charge in [-0.1, -0.05) is 22.8 Å². The van der Waals surface area contributed by atoms with Gasteiger partial charge in [-0.2, -0.15) is 0 Å². The minimum Gasteiger partial charge on any atom is -0.409 e. The van der Waals surface area contributed by atoms with Gasteiger partial charge in [-0.05, 0) is 24.6 Å². The number of rotatable bonds is 4. The topological polar surface area (TPSA) is 78.9 Å². The highest BCUT2D eigenvalue weighted by Gasteiger charge is 2.14. The summed E-state index contributed by atoms with van der Waals surface area (Å²) in [7, 11) is 1.66. The summed E-state index contributed by atoms with van der Waals surface area (Å²) in [6.07, 6.45) is 0.318. The number of hydrogen-bond donors (Lipinski definition) is 2. The fourth-order valence-electron chi connectivity index (χ4n) is 1.46. The summed E-state index contributed by atoms with van der Waals surface area (Å²) in [5, 5.41) is 11.8. The second-order valence-electron chi connectivity index (χ2n) is 4.03. The largest absolute Gasteiger partial charge is 0.409 e. The predicted molar refractivity (Wildman–Crippen MR) is 71.2 cm³/mol. The Balaban J connectivity index is 2.77. The number of benzene rings is 1. The molecule has 5 nitrogen and oxygen atoms in total. The Hall–Kier alpha value is -1.75. The number of amidine groups is 1. The molecule has 1 aromatic carbocycles. The van der Waals surface area contributed by atoms with Gasteiger partial charge in [0.2, 0.25) is 0 Å². The van der Waals surface area contributed by atoms with E-state index in [1.165, 1.54) is 4.90 Å². The molecule has 0 fully saturated rings. The van der Waals surface area contributed by atoms with E-state index in [1.54, 1.807) is 25.2 Å². The standard InChI is InChI=1S/C12H16ClN3O2/c1-8-3-4-9(13)7-10(8)12(17)16(2)6-5-11(14)15-18/h3-4,7,18H,5-6H2,1-2H3,(H2,14,15). The Labute approximate surface area is 111 Å². The zero-order valence-corrected chi connectivity index (χ0v) is 11.1. The molecule has 1 amide bonds. The van der Waals surface area contributed by atoms with Gasteiger partial charge in [0.15, 0.2) is 0 Å². The van der Waals surface area contributed by atoms with Gasteiger partial charge in [0.05, 0.1) is 0 Å². The summed E-state index contributed by atoms with van der Waals surface area (Å²) >= 11 is 5.87. The van der Waals surface area contributed by atoms with Gasteiger partial charge >= 0.3 is 0 Å². The molecule has 6 heteroatoms. The van der Waals surface area contributed by atoms with Crippen molar-refractivity contribution in [3.63, 3.8) is 0 Å². The van der Waals surface area contributed by atoms with Crippen LogP contribution in [-0.2, 0) is 0 Å². The van der Waals surface area contributed by atoms with Crippen molar-refractivity contribution in [1.82, 2.24) is 4.90 Å². The fourth-order valence-corrected chi connectivity index (χ4v) is 1.64. The molecule has 1 aromatic rings. The molecule has 0 atom stereocenters. The van der Waals surface area contributed by atoms with Gasteiger partial charge in [0, 0.05) is 30.6 Å². The van der Waals surface area contributed by atoms with E-state index < -0.39 is 0 Å². The molecule has 0 aromatic heterocycles. The average Bonchev–Trinajstić information content (AvgIpc) is 2.37. The molecule has 0 spiro atoms. The third kappa shape index (κ3) is 3.63. The van der Waals surface area contributed by atoms with Crippen molar-refractivity contribution in [2.24, 2.45) is 10.9 Å². The smallest absolute Gasteiger partial charge is 0.253 e. The van der Waals surface area contributed by atoms with Crippen molar-refractivity contribution in [3.05, 3.63) is 34.3 Å². The van der Waals surface area contributed by atoms with Crippen molar-refractivity contribution in [1.29, 1.82) is 0 Å². The maximum Gasteiger partial charge on any atom is 0.253 e. The Kier molecular flexibility index (Phi) is 4.97. The number of amides is 1. The Bertz CT molecular complexity index is 474. The van der Waals surface area contributed by atoms with Crippen LogP contribution in [0.2, 0.25) is 5.02 Å². The first-order chi connectivity index (χ1) is 8.45. The number of aryl methyl sites for hydroxylation is 1. The van der Waals surface area contributed by atoms with E-state index >= 15 is 0 Å². The highest BCUT2D eigenvalue weighted by molar-refractivity contribution is 6.31. The molecule has 0 heterocycles. The number of carbonyl (C=O) groups is 1. The fraction of sp³-hybridized carbons (Fsp3) is 0.333. The third-order valence-electron chi connectivity index (χ3n) is 2.61. The molecule has 0 aliphatic heterocycles. The van der Waals surface area contributed by atoms with E-state index in [-0.39, 0.29) is 11.7 Å². The van der Waals surface area contributed by atoms with Crippen LogP contribution in [0.5, 0.6) is 0 Å². The van der Waals surface area contributed by atoms with Crippen molar-refractivity contribution in [2.75, 3.05) is 13.6 Å². The highest BCUT2D eigenvalue weighted by atomic mass is 35.5. The summed E-state index contributed by atoms with van der Waals surface area (Å²) in [6, 6.07) is 5.18. The second-order valence-corrected chi connectivity index (χ2v) is 4.46. The molecule has 0 radical (unpaired) electrons. The SMILES string of the molecule is Cc1ccc(Cl)cc1C(=O)N(C)CC/C(N)=N/O. The molecular weight excluding hydrogens is 254 g/mol. The highest BCUT2D eigenvalue weighted by Crippen LogP contribution is 2.16. The van der Waals surface area contributed by atoms with E-state index in [0.717, 1.165) is 5.56 Å². The maximum absolute atomic E-state index is 12.1. The maximum atomic E-state index is 12.1. The molecular formula is C12H16ClN3O2. The van der Waals surface area contributed by atoms with Gasteiger partial charge in [-0.3, -0.25) is 4.79 Å². The van der Waals surface area contributed by atoms with Crippen LogP contribution < -0.4 is 5.73 Å². The number of halogens is 1. The van der Waals surface area contributed by atoms with Gasteiger partial charge in [0.1, 0.15) is 5.84 Å². The molecule has 0 bridgehead atoms. The molecule has 3 N–H and O–H groups in total. The minimum atomic E-state index is -0.138. The van der Waals surface area contributed by atoms with Gasteiger partial charge in [-0.25, -0.2) is 0 Å².